The monoisotopic (exact) mass is 416 g/mol. The molecule has 0 spiro atoms. The van der Waals surface area contributed by atoms with Gasteiger partial charge in [0.1, 0.15) is 0 Å². The third-order valence-corrected chi connectivity index (χ3v) is 5.52. The summed E-state index contributed by atoms with van der Waals surface area (Å²) in [7, 11) is 0. The average molecular weight is 416 g/mol. The molecule has 0 radical (unpaired) electrons. The Bertz CT molecular complexity index is 1180. The second-order valence-corrected chi connectivity index (χ2v) is 7.57. The summed E-state index contributed by atoms with van der Waals surface area (Å²) in [6.07, 6.45) is 3.08. The second kappa shape index (κ2) is 8.55. The van der Waals surface area contributed by atoms with Gasteiger partial charge in [0.05, 0.1) is 5.69 Å². The molecule has 2 N–H and O–H groups in total. The van der Waals surface area contributed by atoms with Gasteiger partial charge in [0.25, 0.3) is 5.91 Å². The van der Waals surface area contributed by atoms with E-state index in [0.29, 0.717) is 30.8 Å². The molecule has 2 heterocycles. The van der Waals surface area contributed by atoms with E-state index in [-0.39, 0.29) is 0 Å². The SMILES string of the molecule is CCC(=NCCc1c[nH]c2ccccc12)C1C(=O)NC(=O)N(c2ccc(C)cc2)C1=O. The number of urea groups is 1. The van der Waals surface area contributed by atoms with Crippen molar-refractivity contribution in [3.8, 4) is 0 Å². The van der Waals surface area contributed by atoms with Crippen LogP contribution in [0.3, 0.4) is 0 Å². The fourth-order valence-electron chi connectivity index (χ4n) is 3.87. The van der Waals surface area contributed by atoms with Crippen molar-refractivity contribution in [3.05, 3.63) is 65.9 Å². The van der Waals surface area contributed by atoms with Gasteiger partial charge in [0, 0.05) is 29.4 Å². The Labute approximate surface area is 180 Å². The second-order valence-electron chi connectivity index (χ2n) is 7.57. The number of carbonyl (C=O) groups is 3. The molecular weight excluding hydrogens is 392 g/mol. The van der Waals surface area contributed by atoms with Gasteiger partial charge in [-0.25, -0.2) is 9.69 Å². The number of aromatic nitrogens is 1. The Morgan fingerprint density at radius 1 is 1.06 bits per heavy atom. The minimum Gasteiger partial charge on any atom is -0.361 e. The number of hydrogen-bond acceptors (Lipinski definition) is 4. The molecule has 31 heavy (non-hydrogen) atoms. The number of benzene rings is 2. The van der Waals surface area contributed by atoms with E-state index in [4.69, 9.17) is 0 Å². The van der Waals surface area contributed by atoms with Crippen LogP contribution in [-0.2, 0) is 16.0 Å². The number of amides is 4. The molecular formula is C24H24N4O3. The lowest BCUT2D eigenvalue weighted by Gasteiger charge is -2.30. The molecule has 2 aromatic carbocycles. The van der Waals surface area contributed by atoms with Gasteiger partial charge >= 0.3 is 6.03 Å². The highest BCUT2D eigenvalue weighted by atomic mass is 16.2. The molecule has 1 aliphatic heterocycles. The number of H-pyrrole nitrogens is 1. The summed E-state index contributed by atoms with van der Waals surface area (Å²) in [5.74, 6) is -2.29. The fourth-order valence-corrected chi connectivity index (χ4v) is 3.87. The smallest absolute Gasteiger partial charge is 0.335 e. The molecule has 158 valence electrons. The van der Waals surface area contributed by atoms with Gasteiger partial charge in [-0.15, -0.1) is 0 Å². The fraction of sp³-hybridized carbons (Fsp3) is 0.250. The minimum atomic E-state index is -1.10. The predicted octanol–water partition coefficient (Wildman–Crippen LogP) is 3.77. The average Bonchev–Trinajstić information content (AvgIpc) is 3.17. The molecule has 1 fully saturated rings. The van der Waals surface area contributed by atoms with Crippen LogP contribution < -0.4 is 10.2 Å². The third kappa shape index (κ3) is 3.99. The van der Waals surface area contributed by atoms with Gasteiger partial charge in [-0.05, 0) is 43.5 Å². The first-order valence-corrected chi connectivity index (χ1v) is 10.3. The van der Waals surface area contributed by atoms with Crippen molar-refractivity contribution in [1.82, 2.24) is 10.3 Å². The lowest BCUT2D eigenvalue weighted by Crippen LogP contribution is -2.60. The lowest BCUT2D eigenvalue weighted by molar-refractivity contribution is -0.131. The standard InChI is InChI=1S/C24H24N4O3/c1-3-19(25-13-12-16-14-26-20-7-5-4-6-18(16)20)21-22(29)27-24(31)28(23(21)30)17-10-8-15(2)9-11-17/h4-11,14,21,26H,3,12-13H2,1-2H3,(H,27,29,31). The number of hydrogen-bond donors (Lipinski definition) is 2. The number of nitrogens with one attached hydrogen (secondary N) is 2. The summed E-state index contributed by atoms with van der Waals surface area (Å²) in [5.41, 5.74) is 4.11. The molecule has 4 amide bonds. The molecule has 1 atom stereocenters. The van der Waals surface area contributed by atoms with Crippen LogP contribution in [0.25, 0.3) is 10.9 Å². The van der Waals surface area contributed by atoms with Crippen LogP contribution in [0.4, 0.5) is 10.5 Å². The number of carbonyl (C=O) groups excluding carboxylic acids is 3. The van der Waals surface area contributed by atoms with E-state index in [1.165, 1.54) is 0 Å². The first-order chi connectivity index (χ1) is 15.0. The molecule has 7 heteroatoms. The van der Waals surface area contributed by atoms with Gasteiger partial charge in [-0.2, -0.15) is 0 Å². The molecule has 4 rings (SSSR count). The number of rotatable bonds is 6. The number of nitrogens with zero attached hydrogens (tertiary/aromatic N) is 2. The van der Waals surface area contributed by atoms with Crippen molar-refractivity contribution in [2.75, 3.05) is 11.4 Å². The van der Waals surface area contributed by atoms with Gasteiger partial charge in [-0.1, -0.05) is 42.8 Å². The Morgan fingerprint density at radius 2 is 1.81 bits per heavy atom. The maximum absolute atomic E-state index is 13.2. The van der Waals surface area contributed by atoms with E-state index >= 15 is 0 Å². The van der Waals surface area contributed by atoms with Crippen LogP contribution >= 0.6 is 0 Å². The van der Waals surface area contributed by atoms with E-state index in [2.05, 4.69) is 21.4 Å². The number of aromatic amines is 1. The van der Waals surface area contributed by atoms with Crippen molar-refractivity contribution in [3.63, 3.8) is 0 Å². The lowest BCUT2D eigenvalue weighted by atomic mass is 9.96. The Kier molecular flexibility index (Phi) is 5.66. The topological polar surface area (TPSA) is 94.6 Å². The Hall–Kier alpha value is -3.74. The summed E-state index contributed by atoms with van der Waals surface area (Å²) in [5, 5.41) is 3.44. The van der Waals surface area contributed by atoms with Crippen LogP contribution in [-0.4, -0.2) is 35.1 Å². The minimum absolute atomic E-state index is 0.430. The van der Waals surface area contributed by atoms with Gasteiger partial charge in [0.2, 0.25) is 5.91 Å². The molecule has 1 aliphatic rings. The van der Waals surface area contributed by atoms with E-state index in [0.717, 1.165) is 26.9 Å². The van der Waals surface area contributed by atoms with Crippen LogP contribution in [0.1, 0.15) is 24.5 Å². The van der Waals surface area contributed by atoms with Crippen LogP contribution in [0.5, 0.6) is 0 Å². The number of para-hydroxylation sites is 1. The van der Waals surface area contributed by atoms with Crippen molar-refractivity contribution >= 4 is 40.1 Å². The summed E-state index contributed by atoms with van der Waals surface area (Å²) in [6, 6.07) is 14.3. The summed E-state index contributed by atoms with van der Waals surface area (Å²) in [6.45, 7) is 4.22. The Balaban J connectivity index is 1.55. The molecule has 7 nitrogen and oxygen atoms in total. The van der Waals surface area contributed by atoms with Gasteiger partial charge < -0.3 is 4.98 Å². The maximum Gasteiger partial charge on any atom is 0.335 e. The molecule has 3 aromatic rings. The first kappa shape index (κ1) is 20.5. The number of imide groups is 2. The van der Waals surface area contributed by atoms with Crippen LogP contribution in [0.2, 0.25) is 0 Å². The highest BCUT2D eigenvalue weighted by molar-refractivity contribution is 6.35. The number of aryl methyl sites for hydroxylation is 1. The third-order valence-electron chi connectivity index (χ3n) is 5.52. The molecule has 1 unspecified atom stereocenters. The van der Waals surface area contributed by atoms with E-state index in [1.54, 1.807) is 12.1 Å². The van der Waals surface area contributed by atoms with Gasteiger partial charge in [0.15, 0.2) is 5.92 Å². The number of fused-ring (bicyclic) bond motifs is 1. The number of anilines is 1. The zero-order valence-electron chi connectivity index (χ0n) is 17.5. The van der Waals surface area contributed by atoms with E-state index in [1.807, 2.05) is 50.4 Å². The van der Waals surface area contributed by atoms with Crippen LogP contribution in [0, 0.1) is 12.8 Å². The predicted molar refractivity (Wildman–Crippen MR) is 120 cm³/mol. The van der Waals surface area contributed by atoms with E-state index < -0.39 is 23.8 Å². The highest BCUT2D eigenvalue weighted by Gasteiger charge is 2.43. The van der Waals surface area contributed by atoms with Crippen LogP contribution in [0.15, 0.2) is 59.7 Å². The zero-order chi connectivity index (χ0) is 22.0. The number of barbiturate groups is 1. The highest BCUT2D eigenvalue weighted by Crippen LogP contribution is 2.23. The van der Waals surface area contributed by atoms with Crippen molar-refractivity contribution in [1.29, 1.82) is 0 Å². The van der Waals surface area contributed by atoms with Crippen molar-refractivity contribution < 1.29 is 14.4 Å². The van der Waals surface area contributed by atoms with E-state index in [9.17, 15) is 14.4 Å². The van der Waals surface area contributed by atoms with Gasteiger partial charge in [-0.3, -0.25) is 19.9 Å². The zero-order valence-corrected chi connectivity index (χ0v) is 17.5. The molecule has 0 saturated carbocycles. The molecule has 0 aliphatic carbocycles. The maximum atomic E-state index is 13.2. The largest absolute Gasteiger partial charge is 0.361 e. The quantitative estimate of drug-likeness (QED) is 0.473. The summed E-state index contributed by atoms with van der Waals surface area (Å²) in [4.78, 5) is 46.9. The normalized spacial score (nSPS) is 17.4. The first-order valence-electron chi connectivity index (χ1n) is 10.3. The molecule has 0 bridgehead atoms. The molecule has 1 saturated heterocycles. The van der Waals surface area contributed by atoms with Crippen molar-refractivity contribution in [2.45, 2.75) is 26.7 Å². The number of aliphatic imine (C=N–C) groups is 1. The summed E-state index contributed by atoms with van der Waals surface area (Å²) < 4.78 is 0. The summed E-state index contributed by atoms with van der Waals surface area (Å²) >= 11 is 0. The van der Waals surface area contributed by atoms with Crippen molar-refractivity contribution in [2.24, 2.45) is 10.9 Å². The Morgan fingerprint density at radius 3 is 2.55 bits per heavy atom. The molecule has 1 aromatic heterocycles.